The van der Waals surface area contributed by atoms with Crippen LogP contribution in [0.5, 0.6) is 0 Å². The Morgan fingerprint density at radius 2 is 1.74 bits per heavy atom. The second-order valence-electron chi connectivity index (χ2n) is 5.67. The van der Waals surface area contributed by atoms with Crippen molar-refractivity contribution in [2.75, 3.05) is 11.4 Å². The topological polar surface area (TPSA) is 34.0 Å². The number of nitrogens with zero attached hydrogens (tertiary/aromatic N) is 4. The van der Waals surface area contributed by atoms with Gasteiger partial charge in [-0.15, -0.1) is 5.10 Å². The molecule has 3 aromatic rings. The van der Waals surface area contributed by atoms with E-state index in [-0.39, 0.29) is 0 Å². The Labute approximate surface area is 134 Å². The van der Waals surface area contributed by atoms with Crippen LogP contribution in [0, 0.1) is 0 Å². The molecule has 1 aliphatic rings. The predicted octanol–water partition coefficient (Wildman–Crippen LogP) is 3.43. The molecule has 0 aliphatic carbocycles. The lowest BCUT2D eigenvalue weighted by atomic mass is 10.1. The molecule has 2 heterocycles. The molecule has 4 nitrogen and oxygen atoms in total. The lowest BCUT2D eigenvalue weighted by Crippen LogP contribution is -2.25. The molecule has 0 fully saturated rings. The van der Waals surface area contributed by atoms with Crippen molar-refractivity contribution in [2.24, 2.45) is 0 Å². The van der Waals surface area contributed by atoms with E-state index in [4.69, 9.17) is 0 Å². The molecule has 116 valence electrons. The maximum atomic E-state index is 13.3. The van der Waals surface area contributed by atoms with Crippen molar-refractivity contribution in [1.82, 2.24) is 15.0 Å². The van der Waals surface area contributed by atoms with Crippen LogP contribution < -0.4 is 4.90 Å². The highest BCUT2D eigenvalue weighted by Crippen LogP contribution is 2.35. The zero-order chi connectivity index (χ0) is 15.6. The number of fused-ring (bicyclic) bond motifs is 3. The summed E-state index contributed by atoms with van der Waals surface area (Å²) < 4.78 is 15.1. The molecule has 5 heteroatoms. The van der Waals surface area contributed by atoms with Gasteiger partial charge < -0.3 is 4.90 Å². The standard InChI is InChI=1S/C18H17FN4/c19-12-16-18-15-8-4-5-9-17(15)22(10-11-23(18)21-20-16)13-14-6-2-1-3-7-14/h1-9H,10-13H2. The molecule has 0 radical (unpaired) electrons. The minimum absolute atomic E-state index is 0.416. The van der Waals surface area contributed by atoms with Gasteiger partial charge in [0.1, 0.15) is 12.4 Å². The van der Waals surface area contributed by atoms with E-state index in [9.17, 15) is 4.39 Å². The maximum absolute atomic E-state index is 13.3. The molecule has 0 amide bonds. The van der Waals surface area contributed by atoms with E-state index in [1.807, 2.05) is 28.9 Å². The fourth-order valence-electron chi connectivity index (χ4n) is 3.14. The van der Waals surface area contributed by atoms with Crippen LogP contribution in [0.25, 0.3) is 11.3 Å². The number of hydrogen-bond acceptors (Lipinski definition) is 3. The highest BCUT2D eigenvalue weighted by molar-refractivity contribution is 5.78. The van der Waals surface area contributed by atoms with Crippen molar-refractivity contribution in [2.45, 2.75) is 19.8 Å². The first-order valence-corrected chi connectivity index (χ1v) is 7.73. The van der Waals surface area contributed by atoms with Gasteiger partial charge in [0.25, 0.3) is 0 Å². The molecule has 1 aromatic heterocycles. The third-order valence-corrected chi connectivity index (χ3v) is 4.23. The number of halogens is 1. The Hall–Kier alpha value is -2.69. The van der Waals surface area contributed by atoms with Crippen molar-refractivity contribution in [1.29, 1.82) is 0 Å². The molecule has 23 heavy (non-hydrogen) atoms. The lowest BCUT2D eigenvalue weighted by molar-refractivity contribution is 0.476. The minimum atomic E-state index is -0.595. The van der Waals surface area contributed by atoms with Gasteiger partial charge >= 0.3 is 0 Å². The first-order chi connectivity index (χ1) is 11.4. The second kappa shape index (κ2) is 5.83. The van der Waals surface area contributed by atoms with E-state index in [0.29, 0.717) is 12.2 Å². The van der Waals surface area contributed by atoms with Crippen LogP contribution in [0.3, 0.4) is 0 Å². The van der Waals surface area contributed by atoms with Gasteiger partial charge in [-0.25, -0.2) is 9.07 Å². The van der Waals surface area contributed by atoms with E-state index in [2.05, 4.69) is 45.5 Å². The van der Waals surface area contributed by atoms with Crippen molar-refractivity contribution in [3.63, 3.8) is 0 Å². The van der Waals surface area contributed by atoms with Crippen LogP contribution in [0.2, 0.25) is 0 Å². The van der Waals surface area contributed by atoms with E-state index in [1.54, 1.807) is 0 Å². The van der Waals surface area contributed by atoms with Gasteiger partial charge in [-0.2, -0.15) is 0 Å². The summed E-state index contributed by atoms with van der Waals surface area (Å²) in [6.07, 6.45) is 0. The van der Waals surface area contributed by atoms with Gasteiger partial charge in [-0.3, -0.25) is 0 Å². The summed E-state index contributed by atoms with van der Waals surface area (Å²) in [5.41, 5.74) is 4.58. The fourth-order valence-corrected chi connectivity index (χ4v) is 3.14. The molecule has 4 rings (SSSR count). The van der Waals surface area contributed by atoms with E-state index < -0.39 is 6.67 Å². The quantitative estimate of drug-likeness (QED) is 0.743. The van der Waals surface area contributed by atoms with E-state index in [0.717, 1.165) is 30.0 Å². The van der Waals surface area contributed by atoms with Gasteiger partial charge in [0.15, 0.2) is 0 Å². The normalized spacial score (nSPS) is 13.3. The van der Waals surface area contributed by atoms with Crippen LogP contribution in [0.4, 0.5) is 10.1 Å². The molecule has 1 aliphatic heterocycles. The maximum Gasteiger partial charge on any atom is 0.136 e. The Kier molecular flexibility index (Phi) is 3.54. The van der Waals surface area contributed by atoms with Crippen molar-refractivity contribution in [3.05, 3.63) is 65.9 Å². The second-order valence-corrected chi connectivity index (χ2v) is 5.67. The minimum Gasteiger partial charge on any atom is -0.365 e. The third-order valence-electron chi connectivity index (χ3n) is 4.23. The summed E-state index contributed by atoms with van der Waals surface area (Å²) in [7, 11) is 0. The Bertz CT molecular complexity index is 813. The van der Waals surface area contributed by atoms with Crippen LogP contribution in [0.15, 0.2) is 54.6 Å². The first kappa shape index (κ1) is 13.9. The smallest absolute Gasteiger partial charge is 0.136 e. The van der Waals surface area contributed by atoms with Crippen LogP contribution in [-0.2, 0) is 19.8 Å². The zero-order valence-electron chi connectivity index (χ0n) is 12.7. The average Bonchev–Trinajstić information content (AvgIpc) is 2.96. The van der Waals surface area contributed by atoms with E-state index in [1.165, 1.54) is 5.56 Å². The first-order valence-electron chi connectivity index (χ1n) is 7.73. The largest absolute Gasteiger partial charge is 0.365 e. The van der Waals surface area contributed by atoms with Gasteiger partial charge in [0.05, 0.1) is 12.2 Å². The molecule has 0 saturated carbocycles. The van der Waals surface area contributed by atoms with Gasteiger partial charge in [0.2, 0.25) is 0 Å². The number of hydrogen-bond donors (Lipinski definition) is 0. The molecule has 2 aromatic carbocycles. The summed E-state index contributed by atoms with van der Waals surface area (Å²) >= 11 is 0. The van der Waals surface area contributed by atoms with Gasteiger partial charge in [0, 0.05) is 24.3 Å². The monoisotopic (exact) mass is 308 g/mol. The Balaban J connectivity index is 1.78. The number of anilines is 1. The predicted molar refractivity (Wildman–Crippen MR) is 87.8 cm³/mol. The summed E-state index contributed by atoms with van der Waals surface area (Å²) in [4.78, 5) is 2.32. The highest BCUT2D eigenvalue weighted by Gasteiger charge is 2.24. The Morgan fingerprint density at radius 1 is 0.957 bits per heavy atom. The van der Waals surface area contributed by atoms with Gasteiger partial charge in [-0.05, 0) is 11.6 Å². The fraction of sp³-hybridized carbons (Fsp3) is 0.222. The average molecular weight is 308 g/mol. The third kappa shape index (κ3) is 2.48. The number of para-hydroxylation sites is 1. The van der Waals surface area contributed by atoms with Gasteiger partial charge in [-0.1, -0.05) is 53.7 Å². The summed E-state index contributed by atoms with van der Waals surface area (Å²) in [5, 5.41) is 8.11. The van der Waals surface area contributed by atoms with Crippen molar-refractivity contribution < 1.29 is 4.39 Å². The van der Waals surface area contributed by atoms with Crippen molar-refractivity contribution in [3.8, 4) is 11.3 Å². The molecule has 0 atom stereocenters. The van der Waals surface area contributed by atoms with Crippen LogP contribution in [-0.4, -0.2) is 21.5 Å². The number of rotatable bonds is 3. The lowest BCUT2D eigenvalue weighted by Gasteiger charge is -2.24. The molecule has 0 saturated heterocycles. The summed E-state index contributed by atoms with van der Waals surface area (Å²) in [5.74, 6) is 0. The number of alkyl halides is 1. The molecular formula is C18H17FN4. The Morgan fingerprint density at radius 3 is 2.57 bits per heavy atom. The highest BCUT2D eigenvalue weighted by atomic mass is 19.1. The molecule has 0 spiro atoms. The number of aromatic nitrogens is 3. The summed E-state index contributed by atoms with van der Waals surface area (Å²) in [6.45, 7) is 1.74. The van der Waals surface area contributed by atoms with Crippen LogP contribution >= 0.6 is 0 Å². The molecular weight excluding hydrogens is 291 g/mol. The van der Waals surface area contributed by atoms with Crippen molar-refractivity contribution >= 4 is 5.69 Å². The molecule has 0 unspecified atom stereocenters. The molecule has 0 bridgehead atoms. The SMILES string of the molecule is FCc1nnn2c1-c1ccccc1N(Cc1ccccc1)CC2. The summed E-state index contributed by atoms with van der Waals surface area (Å²) in [6, 6.07) is 18.5. The van der Waals surface area contributed by atoms with Crippen LogP contribution in [0.1, 0.15) is 11.3 Å². The molecule has 0 N–H and O–H groups in total. The van der Waals surface area contributed by atoms with E-state index >= 15 is 0 Å². The zero-order valence-corrected chi connectivity index (χ0v) is 12.7. The number of benzene rings is 2.